The van der Waals surface area contributed by atoms with Crippen LogP contribution in [-0.2, 0) is 13.6 Å². The molecule has 0 amide bonds. The summed E-state index contributed by atoms with van der Waals surface area (Å²) in [5.41, 5.74) is 15.0. The molecule has 2 bridgehead atoms. The van der Waals surface area contributed by atoms with Crippen LogP contribution < -0.4 is 21.8 Å². The number of hydrogen-bond acceptors (Lipinski definition) is 8. The lowest BCUT2D eigenvalue weighted by Crippen LogP contribution is -2.26. The third-order valence-electron chi connectivity index (χ3n) is 5.58. The molecule has 5 N–H and O–H groups in total. The number of aromatic nitrogens is 6. The van der Waals surface area contributed by atoms with E-state index in [1.807, 2.05) is 0 Å². The van der Waals surface area contributed by atoms with Crippen molar-refractivity contribution >= 4 is 11.8 Å². The molecule has 1 unspecified atom stereocenters. The zero-order valence-electron chi connectivity index (χ0n) is 17.7. The van der Waals surface area contributed by atoms with Crippen molar-refractivity contribution in [3.05, 3.63) is 58.8 Å². The van der Waals surface area contributed by atoms with E-state index in [0.717, 1.165) is 0 Å². The fourth-order valence-corrected chi connectivity index (χ4v) is 4.08. The Morgan fingerprint density at radius 2 is 2.09 bits per heavy atom. The summed E-state index contributed by atoms with van der Waals surface area (Å²) in [6, 6.07) is 8.03. The number of benzene rings is 1. The molecule has 1 atom stereocenters. The molecule has 166 valence electrons. The van der Waals surface area contributed by atoms with Gasteiger partial charge in [-0.25, -0.2) is 18.7 Å². The van der Waals surface area contributed by atoms with Crippen molar-refractivity contribution in [1.29, 1.82) is 10.7 Å². The molecular formula is C21H19FN10O. The smallest absolute Gasteiger partial charge is 0.241 e. The summed E-state index contributed by atoms with van der Waals surface area (Å²) in [7, 11) is 1.66. The van der Waals surface area contributed by atoms with Crippen molar-refractivity contribution in [3.8, 4) is 28.6 Å². The number of nitriles is 1. The van der Waals surface area contributed by atoms with Crippen LogP contribution in [0.5, 0.6) is 5.75 Å². The minimum absolute atomic E-state index is 0.0369. The van der Waals surface area contributed by atoms with Crippen molar-refractivity contribution in [2.75, 3.05) is 11.5 Å². The van der Waals surface area contributed by atoms with Gasteiger partial charge < -0.3 is 16.2 Å². The first-order chi connectivity index (χ1) is 15.8. The van der Waals surface area contributed by atoms with Gasteiger partial charge in [0.05, 0.1) is 17.9 Å². The highest BCUT2D eigenvalue weighted by atomic mass is 19.1. The molecule has 0 saturated carbocycles. The summed E-state index contributed by atoms with van der Waals surface area (Å²) in [5.74, 6) is 0.00491. The molecule has 33 heavy (non-hydrogen) atoms. The van der Waals surface area contributed by atoms with E-state index in [1.165, 1.54) is 32.4 Å². The number of pyridine rings is 1. The number of fused-ring (bicyclic) bond motifs is 7. The predicted octanol–water partition coefficient (Wildman–Crippen LogP) is 1.63. The van der Waals surface area contributed by atoms with E-state index >= 15 is 0 Å². The molecule has 0 spiro atoms. The number of aryl methyl sites for hydroxylation is 1. The van der Waals surface area contributed by atoms with Gasteiger partial charge in [0.2, 0.25) is 11.6 Å². The summed E-state index contributed by atoms with van der Waals surface area (Å²) in [6.45, 7) is 1.81. The van der Waals surface area contributed by atoms with Gasteiger partial charge in [0.25, 0.3) is 0 Å². The Hall–Kier alpha value is -4.66. The van der Waals surface area contributed by atoms with E-state index in [4.69, 9.17) is 21.6 Å². The highest BCUT2D eigenvalue weighted by Gasteiger charge is 2.25. The van der Waals surface area contributed by atoms with Gasteiger partial charge in [-0.2, -0.15) is 15.3 Å². The van der Waals surface area contributed by atoms with Crippen LogP contribution in [-0.4, -0.2) is 29.1 Å². The number of rotatable bonds is 0. The Kier molecular flexibility index (Phi) is 4.42. The predicted molar refractivity (Wildman–Crippen MR) is 115 cm³/mol. The summed E-state index contributed by atoms with van der Waals surface area (Å²) < 4.78 is 24.8. The molecule has 0 saturated heterocycles. The van der Waals surface area contributed by atoms with Crippen molar-refractivity contribution in [3.63, 3.8) is 0 Å². The van der Waals surface area contributed by atoms with Crippen LogP contribution >= 0.6 is 0 Å². The summed E-state index contributed by atoms with van der Waals surface area (Å²) in [5, 5.41) is 22.7. The van der Waals surface area contributed by atoms with Crippen LogP contribution in [0.4, 0.5) is 16.2 Å². The molecular weight excluding hydrogens is 427 g/mol. The molecule has 1 aromatic carbocycles. The standard InChI is InChI=1S/C21H19FN10O/c1-10-13-6-12(22)3-4-15(13)32-21(26)28-20(25)31(32)9-14-18(16(7-23)30(2)29-14)11-5-17(33-10)19(24)27-8-11/h3-6,8,10H,9H2,1-2H3,(H2,24,27)(H3,25,26,28). The van der Waals surface area contributed by atoms with E-state index in [0.29, 0.717) is 33.8 Å². The second kappa shape index (κ2) is 7.20. The first-order valence-electron chi connectivity index (χ1n) is 9.96. The van der Waals surface area contributed by atoms with Gasteiger partial charge in [-0.1, -0.05) is 0 Å². The largest absolute Gasteiger partial charge is 0.482 e. The summed E-state index contributed by atoms with van der Waals surface area (Å²) in [4.78, 5) is 8.33. The quantitative estimate of drug-likeness (QED) is 0.369. The van der Waals surface area contributed by atoms with Gasteiger partial charge in [0, 0.05) is 29.9 Å². The second-order valence-corrected chi connectivity index (χ2v) is 7.64. The summed E-state index contributed by atoms with van der Waals surface area (Å²) >= 11 is 0. The van der Waals surface area contributed by atoms with Crippen molar-refractivity contribution in [1.82, 2.24) is 29.1 Å². The number of anilines is 2. The number of nitrogens with one attached hydrogen (secondary N) is 1. The molecule has 0 fully saturated rings. The molecule has 3 aromatic heterocycles. The van der Waals surface area contributed by atoms with Crippen LogP contribution in [0.25, 0.3) is 16.8 Å². The first-order valence-corrected chi connectivity index (χ1v) is 9.96. The van der Waals surface area contributed by atoms with E-state index in [9.17, 15) is 9.65 Å². The van der Waals surface area contributed by atoms with Crippen LogP contribution in [0.1, 0.15) is 30.0 Å². The van der Waals surface area contributed by atoms with E-state index in [-0.39, 0.29) is 29.7 Å². The maximum absolute atomic E-state index is 14.3. The fraction of sp³-hybridized carbons (Fsp3) is 0.190. The molecule has 4 heterocycles. The minimum Gasteiger partial charge on any atom is -0.482 e. The number of nitrogens with two attached hydrogens (primary N) is 2. The zero-order chi connectivity index (χ0) is 23.4. The van der Waals surface area contributed by atoms with Gasteiger partial charge >= 0.3 is 0 Å². The van der Waals surface area contributed by atoms with Crippen LogP contribution in [0.2, 0.25) is 0 Å². The maximum Gasteiger partial charge on any atom is 0.241 e. The van der Waals surface area contributed by atoms with Gasteiger partial charge in [0.1, 0.15) is 23.7 Å². The number of nitrogens with zero attached hydrogens (tertiary/aromatic N) is 7. The zero-order valence-corrected chi connectivity index (χ0v) is 17.7. The van der Waals surface area contributed by atoms with Crippen LogP contribution in [0.3, 0.4) is 0 Å². The highest BCUT2D eigenvalue weighted by molar-refractivity contribution is 5.73. The third kappa shape index (κ3) is 3.09. The highest BCUT2D eigenvalue weighted by Crippen LogP contribution is 2.36. The Balaban J connectivity index is 1.89. The lowest BCUT2D eigenvalue weighted by atomic mass is 10.0. The Bertz CT molecular complexity index is 1520. The normalized spacial score (nSPS) is 14.7. The second-order valence-electron chi connectivity index (χ2n) is 7.64. The van der Waals surface area contributed by atoms with Crippen molar-refractivity contribution < 1.29 is 9.13 Å². The average Bonchev–Trinajstić information content (AvgIpc) is 3.23. The average molecular weight is 446 g/mol. The topological polar surface area (TPSA) is 162 Å². The van der Waals surface area contributed by atoms with Crippen molar-refractivity contribution in [2.45, 2.75) is 19.6 Å². The number of halogens is 1. The molecule has 12 heteroatoms. The van der Waals surface area contributed by atoms with Crippen molar-refractivity contribution in [2.24, 2.45) is 7.05 Å². The molecule has 4 aromatic rings. The number of nitrogen functional groups attached to an aromatic ring is 2. The number of hydrogen-bond donors (Lipinski definition) is 3. The molecule has 1 aliphatic heterocycles. The van der Waals surface area contributed by atoms with E-state index < -0.39 is 11.9 Å². The third-order valence-corrected chi connectivity index (χ3v) is 5.58. The fourth-order valence-electron chi connectivity index (χ4n) is 4.08. The Morgan fingerprint density at radius 1 is 1.30 bits per heavy atom. The maximum atomic E-state index is 14.3. The van der Waals surface area contributed by atoms with Crippen LogP contribution in [0.15, 0.2) is 30.5 Å². The first kappa shape index (κ1) is 20.3. The monoisotopic (exact) mass is 446 g/mol. The lowest BCUT2D eigenvalue weighted by molar-refractivity contribution is 0.226. The molecule has 0 aliphatic carbocycles. The Labute approximate surface area is 186 Å². The molecule has 5 rings (SSSR count). The van der Waals surface area contributed by atoms with E-state index in [1.54, 1.807) is 26.1 Å². The van der Waals surface area contributed by atoms with Gasteiger partial charge in [-0.15, -0.1) is 0 Å². The molecule has 11 nitrogen and oxygen atoms in total. The summed E-state index contributed by atoms with van der Waals surface area (Å²) in [6.07, 6.45) is 0.869. The SMILES string of the molecule is CC1Oc2cc(cnc2N)-c2c(nn(C)c2C#N)Cn2c(=N)nc(N)n2-c2ccc(F)cc21. The minimum atomic E-state index is -0.664. The van der Waals surface area contributed by atoms with Gasteiger partial charge in [-0.05, 0) is 31.2 Å². The number of ether oxygens (including phenoxy) is 1. The molecule has 0 radical (unpaired) electrons. The van der Waals surface area contributed by atoms with Crippen LogP contribution in [0, 0.1) is 22.6 Å². The van der Waals surface area contributed by atoms with E-state index in [2.05, 4.69) is 21.1 Å². The van der Waals surface area contributed by atoms with Gasteiger partial charge in [0.15, 0.2) is 11.6 Å². The molecule has 1 aliphatic rings. The van der Waals surface area contributed by atoms with Gasteiger partial charge in [-0.3, -0.25) is 10.1 Å². The lowest BCUT2D eigenvalue weighted by Gasteiger charge is -2.22. The Morgan fingerprint density at radius 3 is 2.85 bits per heavy atom.